The lowest BCUT2D eigenvalue weighted by atomic mass is 9.86. The summed E-state index contributed by atoms with van der Waals surface area (Å²) in [6.45, 7) is 6.31. The molecule has 31 heavy (non-hydrogen) atoms. The zero-order valence-electron chi connectivity index (χ0n) is 17.3. The third kappa shape index (κ3) is 5.16. The molecule has 3 aromatic carbocycles. The highest BCUT2D eigenvalue weighted by Gasteiger charge is 2.17. The van der Waals surface area contributed by atoms with E-state index in [2.05, 4.69) is 26.1 Å². The number of rotatable bonds is 5. The van der Waals surface area contributed by atoms with Gasteiger partial charge in [-0.1, -0.05) is 68.8 Å². The number of nitrogens with one attached hydrogen (secondary N) is 1. The molecule has 0 atom stereocenters. The molecular formula is C24H21ClN2O4. The maximum absolute atomic E-state index is 12.9. The molecule has 0 fully saturated rings. The number of non-ortho nitro benzene ring substituents is 1. The van der Waals surface area contributed by atoms with Crippen LogP contribution < -0.4 is 5.32 Å². The molecule has 0 bridgehead atoms. The van der Waals surface area contributed by atoms with E-state index in [1.165, 1.54) is 12.1 Å². The third-order valence-electron chi connectivity index (χ3n) is 4.80. The molecular weight excluding hydrogens is 416 g/mol. The van der Waals surface area contributed by atoms with Crippen LogP contribution in [0, 0.1) is 10.1 Å². The van der Waals surface area contributed by atoms with Gasteiger partial charge >= 0.3 is 0 Å². The van der Waals surface area contributed by atoms with Crippen molar-refractivity contribution < 1.29 is 14.5 Å². The molecule has 0 radical (unpaired) electrons. The summed E-state index contributed by atoms with van der Waals surface area (Å²) in [6, 6.07) is 17.7. The monoisotopic (exact) mass is 436 g/mol. The Labute approximate surface area is 185 Å². The van der Waals surface area contributed by atoms with E-state index >= 15 is 0 Å². The van der Waals surface area contributed by atoms with Gasteiger partial charge in [-0.15, -0.1) is 0 Å². The Morgan fingerprint density at radius 2 is 1.61 bits per heavy atom. The SMILES string of the molecule is CC(C)(C)c1ccc(C(=O)c2cccc(NC(=O)c3ccc([N+](=O)[O-])cc3Cl)c2)cc1. The van der Waals surface area contributed by atoms with Crippen molar-refractivity contribution in [1.82, 2.24) is 0 Å². The van der Waals surface area contributed by atoms with Crippen LogP contribution in [-0.2, 0) is 5.41 Å². The van der Waals surface area contributed by atoms with E-state index in [9.17, 15) is 19.7 Å². The van der Waals surface area contributed by atoms with Crippen molar-refractivity contribution in [2.24, 2.45) is 0 Å². The fourth-order valence-corrected chi connectivity index (χ4v) is 3.29. The lowest BCUT2D eigenvalue weighted by Gasteiger charge is -2.19. The molecule has 0 saturated heterocycles. The molecule has 0 aromatic heterocycles. The molecule has 1 amide bonds. The summed E-state index contributed by atoms with van der Waals surface area (Å²) < 4.78 is 0. The Bertz CT molecular complexity index is 1160. The minimum Gasteiger partial charge on any atom is -0.322 e. The molecule has 6 nitrogen and oxygen atoms in total. The second-order valence-corrected chi connectivity index (χ2v) is 8.52. The van der Waals surface area contributed by atoms with Crippen molar-refractivity contribution in [1.29, 1.82) is 0 Å². The summed E-state index contributed by atoms with van der Waals surface area (Å²) in [6.07, 6.45) is 0. The van der Waals surface area contributed by atoms with Crippen LogP contribution >= 0.6 is 11.6 Å². The summed E-state index contributed by atoms with van der Waals surface area (Å²) in [7, 11) is 0. The van der Waals surface area contributed by atoms with Crippen LogP contribution in [0.25, 0.3) is 0 Å². The van der Waals surface area contributed by atoms with Gasteiger partial charge in [-0.05, 0) is 29.2 Å². The quantitative estimate of drug-likeness (QED) is 0.300. The van der Waals surface area contributed by atoms with Crippen molar-refractivity contribution in [3.8, 4) is 0 Å². The number of hydrogen-bond donors (Lipinski definition) is 1. The minimum absolute atomic E-state index is 0.00901. The van der Waals surface area contributed by atoms with Crippen LogP contribution in [0.4, 0.5) is 11.4 Å². The zero-order chi connectivity index (χ0) is 22.8. The van der Waals surface area contributed by atoms with Crippen molar-refractivity contribution in [3.05, 3.63) is 104 Å². The fraction of sp³-hybridized carbons (Fsp3) is 0.167. The first kappa shape index (κ1) is 22.2. The summed E-state index contributed by atoms with van der Waals surface area (Å²) in [5.41, 5.74) is 2.41. The van der Waals surface area contributed by atoms with Gasteiger partial charge in [0, 0.05) is 28.9 Å². The highest BCUT2D eigenvalue weighted by Crippen LogP contribution is 2.25. The molecule has 3 aromatic rings. The van der Waals surface area contributed by atoms with Crippen LogP contribution in [-0.4, -0.2) is 16.6 Å². The predicted octanol–water partition coefficient (Wildman–Crippen LogP) is 6.03. The average Bonchev–Trinajstić information content (AvgIpc) is 2.72. The molecule has 0 spiro atoms. The van der Waals surface area contributed by atoms with E-state index in [4.69, 9.17) is 11.6 Å². The summed E-state index contributed by atoms with van der Waals surface area (Å²) >= 11 is 6.02. The van der Waals surface area contributed by atoms with Gasteiger partial charge in [0.25, 0.3) is 11.6 Å². The third-order valence-corrected chi connectivity index (χ3v) is 5.12. The van der Waals surface area contributed by atoms with Gasteiger partial charge < -0.3 is 5.32 Å². The van der Waals surface area contributed by atoms with E-state index < -0.39 is 10.8 Å². The number of hydrogen-bond acceptors (Lipinski definition) is 4. The Balaban J connectivity index is 1.79. The Hall–Kier alpha value is -3.51. The normalized spacial score (nSPS) is 11.1. The standard InChI is InChI=1S/C24H21ClN2O4/c1-24(2,3)17-9-7-15(8-10-17)22(28)16-5-4-6-18(13-16)26-23(29)20-12-11-19(27(30)31)14-21(20)25/h4-14H,1-3H3,(H,26,29). The van der Waals surface area contributed by atoms with Crippen molar-refractivity contribution in [3.63, 3.8) is 0 Å². The molecule has 1 N–H and O–H groups in total. The van der Waals surface area contributed by atoms with Gasteiger partial charge in [0.05, 0.1) is 15.5 Å². The maximum Gasteiger partial charge on any atom is 0.270 e. The molecule has 3 rings (SSSR count). The predicted molar refractivity (Wildman–Crippen MR) is 121 cm³/mol. The Kier molecular flexibility index (Phi) is 6.22. The lowest BCUT2D eigenvalue weighted by molar-refractivity contribution is -0.384. The number of halogens is 1. The first-order valence-corrected chi connectivity index (χ1v) is 9.94. The topological polar surface area (TPSA) is 89.3 Å². The number of amides is 1. The number of carbonyl (C=O) groups excluding carboxylic acids is 2. The molecule has 0 unspecified atom stereocenters. The number of nitro groups is 1. The number of carbonyl (C=O) groups is 2. The van der Waals surface area contributed by atoms with Gasteiger partial charge in [-0.2, -0.15) is 0 Å². The van der Waals surface area contributed by atoms with E-state index in [1.807, 2.05) is 12.1 Å². The van der Waals surface area contributed by atoms with E-state index in [0.717, 1.165) is 11.6 Å². The summed E-state index contributed by atoms with van der Waals surface area (Å²) in [4.78, 5) is 35.7. The van der Waals surface area contributed by atoms with E-state index in [1.54, 1.807) is 36.4 Å². The van der Waals surface area contributed by atoms with Crippen LogP contribution in [0.5, 0.6) is 0 Å². The number of anilines is 1. The molecule has 0 aliphatic heterocycles. The van der Waals surface area contributed by atoms with Crippen LogP contribution in [0.1, 0.15) is 52.6 Å². The first-order valence-electron chi connectivity index (χ1n) is 9.57. The molecule has 0 aliphatic rings. The maximum atomic E-state index is 12.9. The second-order valence-electron chi connectivity index (χ2n) is 8.11. The zero-order valence-corrected chi connectivity index (χ0v) is 18.1. The van der Waals surface area contributed by atoms with Gasteiger partial charge in [0.15, 0.2) is 5.78 Å². The van der Waals surface area contributed by atoms with Crippen LogP contribution in [0.3, 0.4) is 0 Å². The first-order chi connectivity index (χ1) is 14.6. The number of ketones is 1. The lowest BCUT2D eigenvalue weighted by Crippen LogP contribution is -2.13. The van der Waals surface area contributed by atoms with Crippen molar-refractivity contribution in [2.45, 2.75) is 26.2 Å². The van der Waals surface area contributed by atoms with Gasteiger partial charge in [-0.25, -0.2) is 0 Å². The number of nitro benzene ring substituents is 1. The molecule has 0 saturated carbocycles. The van der Waals surface area contributed by atoms with E-state index in [-0.39, 0.29) is 27.5 Å². The van der Waals surface area contributed by atoms with Gasteiger partial charge in [-0.3, -0.25) is 19.7 Å². The van der Waals surface area contributed by atoms with Gasteiger partial charge in [0.2, 0.25) is 0 Å². The highest BCUT2D eigenvalue weighted by molar-refractivity contribution is 6.34. The largest absolute Gasteiger partial charge is 0.322 e. The fourth-order valence-electron chi connectivity index (χ4n) is 3.03. The summed E-state index contributed by atoms with van der Waals surface area (Å²) in [5.74, 6) is -0.691. The molecule has 0 heterocycles. The Morgan fingerprint density at radius 1 is 0.935 bits per heavy atom. The number of nitrogens with zero attached hydrogens (tertiary/aromatic N) is 1. The Morgan fingerprint density at radius 3 is 2.19 bits per heavy atom. The smallest absolute Gasteiger partial charge is 0.270 e. The second kappa shape index (κ2) is 8.70. The molecule has 158 valence electrons. The van der Waals surface area contributed by atoms with Crippen LogP contribution in [0.15, 0.2) is 66.7 Å². The van der Waals surface area contributed by atoms with E-state index in [0.29, 0.717) is 16.8 Å². The highest BCUT2D eigenvalue weighted by atomic mass is 35.5. The van der Waals surface area contributed by atoms with Crippen molar-refractivity contribution in [2.75, 3.05) is 5.32 Å². The van der Waals surface area contributed by atoms with Gasteiger partial charge in [0.1, 0.15) is 0 Å². The molecule has 7 heteroatoms. The number of benzene rings is 3. The van der Waals surface area contributed by atoms with Crippen molar-refractivity contribution >= 4 is 34.7 Å². The molecule has 0 aliphatic carbocycles. The summed E-state index contributed by atoms with van der Waals surface area (Å²) in [5, 5.41) is 13.5. The average molecular weight is 437 g/mol. The van der Waals surface area contributed by atoms with Crippen LogP contribution in [0.2, 0.25) is 5.02 Å². The minimum atomic E-state index is -0.587.